The van der Waals surface area contributed by atoms with Gasteiger partial charge in [0.2, 0.25) is 0 Å². The number of carbonyl (C=O) groups excluding carboxylic acids is 1. The van der Waals surface area contributed by atoms with Crippen LogP contribution in [0, 0.1) is 0 Å². The summed E-state index contributed by atoms with van der Waals surface area (Å²) in [6, 6.07) is 5.43. The molecule has 96 valence electrons. The van der Waals surface area contributed by atoms with Crippen molar-refractivity contribution < 1.29 is 14.4 Å². The van der Waals surface area contributed by atoms with E-state index in [4.69, 9.17) is 9.63 Å². The van der Waals surface area contributed by atoms with Crippen LogP contribution in [-0.2, 0) is 0 Å². The van der Waals surface area contributed by atoms with E-state index in [1.54, 1.807) is 13.0 Å². The third-order valence-electron chi connectivity index (χ3n) is 2.35. The molecule has 0 bridgehead atoms. The van der Waals surface area contributed by atoms with Gasteiger partial charge in [-0.3, -0.25) is 4.79 Å². The topological polar surface area (TPSA) is 75.4 Å². The third kappa shape index (κ3) is 3.18. The number of nitrogens with zero attached hydrogens (tertiary/aromatic N) is 1. The van der Waals surface area contributed by atoms with Crippen LogP contribution in [0.3, 0.4) is 0 Å². The number of aliphatic hydroxyl groups excluding tert-OH is 1. The van der Waals surface area contributed by atoms with Crippen LogP contribution in [0.2, 0.25) is 0 Å². The van der Waals surface area contributed by atoms with E-state index >= 15 is 0 Å². The predicted octanol–water partition coefficient (Wildman–Crippen LogP) is 1.90. The first-order valence-electron chi connectivity index (χ1n) is 5.63. The summed E-state index contributed by atoms with van der Waals surface area (Å²) in [5.41, 5.74) is 0.254. The number of thiophene rings is 1. The predicted molar refractivity (Wildman–Crippen MR) is 68.4 cm³/mol. The second kappa shape index (κ2) is 5.79. The van der Waals surface area contributed by atoms with Gasteiger partial charge < -0.3 is 14.9 Å². The van der Waals surface area contributed by atoms with E-state index in [1.165, 1.54) is 11.3 Å². The zero-order valence-electron chi connectivity index (χ0n) is 9.92. The van der Waals surface area contributed by atoms with Gasteiger partial charge in [0.25, 0.3) is 5.91 Å². The summed E-state index contributed by atoms with van der Waals surface area (Å²) < 4.78 is 5.11. The van der Waals surface area contributed by atoms with E-state index in [0.29, 0.717) is 18.7 Å². The Balaban J connectivity index is 1.95. The van der Waals surface area contributed by atoms with Gasteiger partial charge in [-0.25, -0.2) is 0 Å². The van der Waals surface area contributed by atoms with Crippen LogP contribution in [0.5, 0.6) is 0 Å². The summed E-state index contributed by atoms with van der Waals surface area (Å²) >= 11 is 1.52. The van der Waals surface area contributed by atoms with Crippen molar-refractivity contribution in [2.75, 3.05) is 6.54 Å². The van der Waals surface area contributed by atoms with Gasteiger partial charge >= 0.3 is 0 Å². The van der Waals surface area contributed by atoms with Gasteiger partial charge in [-0.15, -0.1) is 11.3 Å². The highest BCUT2D eigenvalue weighted by atomic mass is 32.1. The van der Waals surface area contributed by atoms with E-state index in [9.17, 15) is 4.79 Å². The maximum Gasteiger partial charge on any atom is 0.273 e. The molecule has 1 amide bonds. The molecule has 2 aromatic rings. The Kier molecular flexibility index (Phi) is 4.11. The van der Waals surface area contributed by atoms with E-state index in [-0.39, 0.29) is 11.6 Å². The van der Waals surface area contributed by atoms with Gasteiger partial charge in [-0.05, 0) is 24.8 Å². The van der Waals surface area contributed by atoms with Crippen LogP contribution >= 0.6 is 11.3 Å². The number of aliphatic hydroxyl groups is 1. The monoisotopic (exact) mass is 266 g/mol. The largest absolute Gasteiger partial charge is 0.393 e. The summed E-state index contributed by atoms with van der Waals surface area (Å²) in [5.74, 6) is 0.299. The molecule has 0 radical (unpaired) electrons. The SMILES string of the molecule is CC(O)CCNC(=O)c1cc(-c2cccs2)on1. The smallest absolute Gasteiger partial charge is 0.273 e. The van der Waals surface area contributed by atoms with E-state index in [1.807, 2.05) is 17.5 Å². The highest BCUT2D eigenvalue weighted by Gasteiger charge is 2.13. The fourth-order valence-corrected chi connectivity index (χ4v) is 2.08. The Morgan fingerprint density at radius 2 is 2.50 bits per heavy atom. The number of rotatable bonds is 5. The minimum atomic E-state index is -0.427. The number of aromatic nitrogens is 1. The number of nitrogens with one attached hydrogen (secondary N) is 1. The number of amides is 1. The molecule has 2 N–H and O–H groups in total. The summed E-state index contributed by atoms with van der Waals surface area (Å²) in [6.45, 7) is 2.09. The van der Waals surface area contributed by atoms with Crippen molar-refractivity contribution in [1.29, 1.82) is 0 Å². The second-order valence-electron chi connectivity index (χ2n) is 3.95. The standard InChI is InChI=1S/C12H14N2O3S/c1-8(15)4-5-13-12(16)9-7-10(17-14-9)11-3-2-6-18-11/h2-3,6-8,15H,4-5H2,1H3,(H,13,16). The number of hydrogen-bond acceptors (Lipinski definition) is 5. The Bertz CT molecular complexity index is 505. The minimum absolute atomic E-state index is 0.254. The van der Waals surface area contributed by atoms with Crippen molar-refractivity contribution in [2.45, 2.75) is 19.4 Å². The number of hydrogen-bond donors (Lipinski definition) is 2. The molecule has 2 rings (SSSR count). The van der Waals surface area contributed by atoms with Crippen LogP contribution in [0.1, 0.15) is 23.8 Å². The van der Waals surface area contributed by atoms with Crippen LogP contribution in [0.25, 0.3) is 10.6 Å². The fraction of sp³-hybridized carbons (Fsp3) is 0.333. The lowest BCUT2D eigenvalue weighted by Crippen LogP contribution is -2.26. The molecule has 0 aliphatic rings. The highest BCUT2D eigenvalue weighted by Crippen LogP contribution is 2.24. The zero-order chi connectivity index (χ0) is 13.0. The van der Waals surface area contributed by atoms with Gasteiger partial charge in [0.15, 0.2) is 11.5 Å². The van der Waals surface area contributed by atoms with Crippen molar-refractivity contribution in [1.82, 2.24) is 10.5 Å². The molecule has 0 saturated heterocycles. The summed E-state index contributed by atoms with van der Waals surface area (Å²) in [4.78, 5) is 12.6. The van der Waals surface area contributed by atoms with Gasteiger partial charge in [-0.2, -0.15) is 0 Å². The zero-order valence-corrected chi connectivity index (χ0v) is 10.7. The maximum atomic E-state index is 11.7. The highest BCUT2D eigenvalue weighted by molar-refractivity contribution is 7.13. The van der Waals surface area contributed by atoms with E-state index in [0.717, 1.165) is 4.88 Å². The quantitative estimate of drug-likeness (QED) is 0.866. The average molecular weight is 266 g/mol. The first-order valence-corrected chi connectivity index (χ1v) is 6.51. The third-order valence-corrected chi connectivity index (χ3v) is 3.24. The fourth-order valence-electron chi connectivity index (χ4n) is 1.40. The van der Waals surface area contributed by atoms with Crippen molar-refractivity contribution in [3.63, 3.8) is 0 Å². The van der Waals surface area contributed by atoms with Crippen LogP contribution in [-0.4, -0.2) is 28.8 Å². The lowest BCUT2D eigenvalue weighted by atomic mass is 10.2. The molecule has 6 heteroatoms. The van der Waals surface area contributed by atoms with Gasteiger partial charge in [0.1, 0.15) is 0 Å². The second-order valence-corrected chi connectivity index (χ2v) is 4.89. The molecule has 1 atom stereocenters. The summed E-state index contributed by atoms with van der Waals surface area (Å²) in [7, 11) is 0. The molecular formula is C12H14N2O3S. The molecule has 2 aromatic heterocycles. The van der Waals surface area contributed by atoms with Crippen LogP contribution < -0.4 is 5.32 Å². The summed E-state index contributed by atoms with van der Waals surface area (Å²) in [6.07, 6.45) is 0.0887. The Morgan fingerprint density at radius 1 is 1.67 bits per heavy atom. The normalized spacial score (nSPS) is 12.3. The molecule has 0 spiro atoms. The van der Waals surface area contributed by atoms with Gasteiger partial charge in [-0.1, -0.05) is 11.2 Å². The molecule has 0 aromatic carbocycles. The van der Waals surface area contributed by atoms with E-state index in [2.05, 4.69) is 10.5 Å². The van der Waals surface area contributed by atoms with Crippen molar-refractivity contribution in [3.05, 3.63) is 29.3 Å². The Labute approximate surface area is 108 Å². The lowest BCUT2D eigenvalue weighted by Gasteiger charge is -2.04. The molecule has 0 aliphatic carbocycles. The molecule has 0 fully saturated rings. The summed E-state index contributed by atoms with van der Waals surface area (Å²) in [5, 5.41) is 17.4. The Morgan fingerprint density at radius 3 is 3.17 bits per heavy atom. The van der Waals surface area contributed by atoms with Crippen molar-refractivity contribution >= 4 is 17.2 Å². The van der Waals surface area contributed by atoms with Crippen molar-refractivity contribution in [3.8, 4) is 10.6 Å². The van der Waals surface area contributed by atoms with Gasteiger partial charge in [0, 0.05) is 12.6 Å². The molecule has 0 saturated carbocycles. The average Bonchev–Trinajstić information content (AvgIpc) is 2.99. The molecular weight excluding hydrogens is 252 g/mol. The van der Waals surface area contributed by atoms with Crippen LogP contribution in [0.15, 0.2) is 28.1 Å². The minimum Gasteiger partial charge on any atom is -0.393 e. The van der Waals surface area contributed by atoms with Crippen LogP contribution in [0.4, 0.5) is 0 Å². The lowest BCUT2D eigenvalue weighted by molar-refractivity contribution is 0.0936. The van der Waals surface area contributed by atoms with E-state index < -0.39 is 6.10 Å². The molecule has 18 heavy (non-hydrogen) atoms. The van der Waals surface area contributed by atoms with Crippen molar-refractivity contribution in [2.24, 2.45) is 0 Å². The molecule has 0 aliphatic heterocycles. The molecule has 5 nitrogen and oxygen atoms in total. The maximum absolute atomic E-state index is 11.7. The first kappa shape index (κ1) is 12.8. The Hall–Kier alpha value is -1.66. The first-order chi connectivity index (χ1) is 8.66. The van der Waals surface area contributed by atoms with Gasteiger partial charge in [0.05, 0.1) is 11.0 Å². The number of carbonyl (C=O) groups is 1. The molecule has 1 unspecified atom stereocenters. The molecule has 2 heterocycles.